The maximum Gasteiger partial charge on any atom is 0.129 e. The number of benzene rings is 2. The van der Waals surface area contributed by atoms with E-state index in [0.717, 1.165) is 11.3 Å². The Bertz CT molecular complexity index is 640. The zero-order valence-corrected chi connectivity index (χ0v) is 13.5. The van der Waals surface area contributed by atoms with Gasteiger partial charge in [-0.05, 0) is 29.3 Å². The van der Waals surface area contributed by atoms with Crippen molar-refractivity contribution in [2.75, 3.05) is 7.11 Å². The van der Waals surface area contributed by atoms with Crippen molar-refractivity contribution in [2.45, 2.75) is 19.6 Å². The Kier molecular flexibility index (Phi) is 4.31. The maximum atomic E-state index is 5.21. The molecule has 0 radical (unpaired) electrons. The molecule has 2 rings (SSSR count). The molecule has 0 spiro atoms. The summed E-state index contributed by atoms with van der Waals surface area (Å²) in [7, 11) is 0.323. The van der Waals surface area contributed by atoms with Crippen molar-refractivity contribution in [3.8, 4) is 28.3 Å². The molecule has 1 nitrogen and oxygen atoms in total. The maximum absolute atomic E-state index is 5.21. The molecule has 0 bridgehead atoms. The molecule has 0 fully saturated rings. The SMILES string of the molecule is COc1ccc(-c2ccccc2C#C[Si](C)(C)C)cc1. The standard InChI is InChI=1S/C18H20OSi/c1-19-17-11-9-16(10-12-17)18-8-6-5-7-15(18)13-14-20(2,3)4/h5-12H,1-4H3. The minimum Gasteiger partial charge on any atom is -0.497 e. The lowest BCUT2D eigenvalue weighted by molar-refractivity contribution is 0.415. The second kappa shape index (κ2) is 5.98. The average Bonchev–Trinajstić information content (AvgIpc) is 2.45. The van der Waals surface area contributed by atoms with E-state index in [2.05, 4.69) is 61.4 Å². The van der Waals surface area contributed by atoms with Crippen LogP contribution in [0.15, 0.2) is 48.5 Å². The highest BCUT2D eigenvalue weighted by Gasteiger charge is 2.08. The molecule has 20 heavy (non-hydrogen) atoms. The fourth-order valence-corrected chi connectivity index (χ4v) is 2.38. The fourth-order valence-electron chi connectivity index (χ4n) is 1.87. The van der Waals surface area contributed by atoms with Gasteiger partial charge >= 0.3 is 0 Å². The molecule has 0 saturated carbocycles. The van der Waals surface area contributed by atoms with Crippen molar-refractivity contribution in [3.05, 3.63) is 54.1 Å². The van der Waals surface area contributed by atoms with Crippen molar-refractivity contribution in [3.63, 3.8) is 0 Å². The van der Waals surface area contributed by atoms with Gasteiger partial charge in [0.15, 0.2) is 0 Å². The number of ether oxygens (including phenoxy) is 1. The predicted molar refractivity (Wildman–Crippen MR) is 88.7 cm³/mol. The molecule has 2 aromatic carbocycles. The molecule has 102 valence electrons. The third kappa shape index (κ3) is 3.75. The summed E-state index contributed by atoms with van der Waals surface area (Å²) in [5, 5.41) is 0. The summed E-state index contributed by atoms with van der Waals surface area (Å²) in [5.41, 5.74) is 6.89. The van der Waals surface area contributed by atoms with E-state index in [1.165, 1.54) is 11.1 Å². The summed E-state index contributed by atoms with van der Waals surface area (Å²) in [6, 6.07) is 16.4. The Hall–Kier alpha value is -1.98. The van der Waals surface area contributed by atoms with Gasteiger partial charge < -0.3 is 4.74 Å². The molecule has 0 amide bonds. The molecule has 0 saturated heterocycles. The lowest BCUT2D eigenvalue weighted by Crippen LogP contribution is -2.16. The summed E-state index contributed by atoms with van der Waals surface area (Å²) >= 11 is 0. The van der Waals surface area contributed by atoms with Gasteiger partial charge in [-0.25, -0.2) is 0 Å². The van der Waals surface area contributed by atoms with Crippen LogP contribution in [0.5, 0.6) is 5.75 Å². The van der Waals surface area contributed by atoms with Crippen molar-refractivity contribution >= 4 is 8.07 Å². The zero-order valence-electron chi connectivity index (χ0n) is 12.5. The van der Waals surface area contributed by atoms with Gasteiger partial charge in [-0.3, -0.25) is 0 Å². The van der Waals surface area contributed by atoms with Crippen LogP contribution in [0.4, 0.5) is 0 Å². The van der Waals surface area contributed by atoms with Crippen LogP contribution in [-0.4, -0.2) is 15.2 Å². The molecule has 0 atom stereocenters. The average molecular weight is 280 g/mol. The van der Waals surface area contributed by atoms with Crippen LogP contribution in [0.25, 0.3) is 11.1 Å². The normalized spacial score (nSPS) is 10.6. The summed E-state index contributed by atoms with van der Waals surface area (Å²) < 4.78 is 5.21. The van der Waals surface area contributed by atoms with E-state index >= 15 is 0 Å². The Balaban J connectivity index is 2.43. The van der Waals surface area contributed by atoms with Crippen molar-refractivity contribution in [2.24, 2.45) is 0 Å². The van der Waals surface area contributed by atoms with Gasteiger partial charge in [0.05, 0.1) is 7.11 Å². The highest BCUT2D eigenvalue weighted by Crippen LogP contribution is 2.25. The van der Waals surface area contributed by atoms with E-state index < -0.39 is 8.07 Å². The Morgan fingerprint density at radius 1 is 0.900 bits per heavy atom. The first-order valence-electron chi connectivity index (χ1n) is 6.76. The molecular weight excluding hydrogens is 260 g/mol. The van der Waals surface area contributed by atoms with E-state index in [-0.39, 0.29) is 0 Å². The minimum atomic E-state index is -1.36. The van der Waals surface area contributed by atoms with Gasteiger partial charge in [0.1, 0.15) is 13.8 Å². The van der Waals surface area contributed by atoms with Crippen molar-refractivity contribution in [1.29, 1.82) is 0 Å². The van der Waals surface area contributed by atoms with Crippen molar-refractivity contribution in [1.82, 2.24) is 0 Å². The third-order valence-electron chi connectivity index (χ3n) is 2.90. The smallest absolute Gasteiger partial charge is 0.129 e. The minimum absolute atomic E-state index is 0.874. The summed E-state index contributed by atoms with van der Waals surface area (Å²) in [6.45, 7) is 6.78. The Morgan fingerprint density at radius 2 is 1.55 bits per heavy atom. The van der Waals surface area contributed by atoms with Gasteiger partial charge in [0.2, 0.25) is 0 Å². The summed E-state index contributed by atoms with van der Waals surface area (Å²) in [4.78, 5) is 0. The van der Waals surface area contributed by atoms with Crippen molar-refractivity contribution < 1.29 is 4.74 Å². The highest BCUT2D eigenvalue weighted by atomic mass is 28.3. The topological polar surface area (TPSA) is 9.23 Å². The van der Waals surface area contributed by atoms with Crippen LogP contribution < -0.4 is 4.74 Å². The quantitative estimate of drug-likeness (QED) is 0.577. The van der Waals surface area contributed by atoms with Crippen LogP contribution in [0.3, 0.4) is 0 Å². The van der Waals surface area contributed by atoms with Crippen LogP contribution in [0, 0.1) is 11.5 Å². The largest absolute Gasteiger partial charge is 0.497 e. The number of rotatable bonds is 2. The zero-order chi connectivity index (χ0) is 14.6. The van der Waals surface area contributed by atoms with Crippen LogP contribution in [0.1, 0.15) is 5.56 Å². The Morgan fingerprint density at radius 3 is 2.15 bits per heavy atom. The molecule has 0 aromatic heterocycles. The highest BCUT2D eigenvalue weighted by molar-refractivity contribution is 6.83. The first-order chi connectivity index (χ1) is 9.49. The fraction of sp³-hybridized carbons (Fsp3) is 0.222. The van der Waals surface area contributed by atoms with E-state index in [9.17, 15) is 0 Å². The predicted octanol–water partition coefficient (Wildman–Crippen LogP) is 4.59. The molecule has 0 aliphatic heterocycles. The van der Waals surface area contributed by atoms with Crippen LogP contribution in [0.2, 0.25) is 19.6 Å². The number of methoxy groups -OCH3 is 1. The number of hydrogen-bond acceptors (Lipinski definition) is 1. The molecule has 2 aromatic rings. The van der Waals surface area contributed by atoms with E-state index in [0.29, 0.717) is 0 Å². The second-order valence-corrected chi connectivity index (χ2v) is 10.5. The van der Waals surface area contributed by atoms with Gasteiger partial charge in [-0.15, -0.1) is 5.54 Å². The van der Waals surface area contributed by atoms with E-state index in [1.54, 1.807) is 7.11 Å². The van der Waals surface area contributed by atoms with Gasteiger partial charge in [-0.2, -0.15) is 0 Å². The summed E-state index contributed by atoms with van der Waals surface area (Å²) in [5.74, 6) is 4.24. The van der Waals surface area contributed by atoms with Crippen LogP contribution >= 0.6 is 0 Å². The van der Waals surface area contributed by atoms with Gasteiger partial charge in [0, 0.05) is 5.56 Å². The molecule has 0 aliphatic rings. The summed E-state index contributed by atoms with van der Waals surface area (Å²) in [6.07, 6.45) is 0. The number of hydrogen-bond donors (Lipinski definition) is 0. The monoisotopic (exact) mass is 280 g/mol. The molecule has 0 N–H and O–H groups in total. The Labute approximate surface area is 122 Å². The lowest BCUT2D eigenvalue weighted by Gasteiger charge is -2.08. The molecule has 0 heterocycles. The first kappa shape index (κ1) is 14.4. The van der Waals surface area contributed by atoms with E-state index in [1.807, 2.05) is 18.2 Å². The van der Waals surface area contributed by atoms with Gasteiger partial charge in [0.25, 0.3) is 0 Å². The molecule has 2 heteroatoms. The third-order valence-corrected chi connectivity index (χ3v) is 3.78. The van der Waals surface area contributed by atoms with E-state index in [4.69, 9.17) is 4.74 Å². The molecular formula is C18H20OSi. The van der Waals surface area contributed by atoms with Gasteiger partial charge in [-0.1, -0.05) is 55.9 Å². The molecule has 0 unspecified atom stereocenters. The molecule has 0 aliphatic carbocycles. The first-order valence-corrected chi connectivity index (χ1v) is 10.3. The van der Waals surface area contributed by atoms with Crippen LogP contribution in [-0.2, 0) is 0 Å². The lowest BCUT2D eigenvalue weighted by atomic mass is 10.0. The second-order valence-electron chi connectivity index (χ2n) is 5.77.